The molecule has 0 aliphatic rings. The minimum atomic E-state index is -4.32. The summed E-state index contributed by atoms with van der Waals surface area (Å²) < 4.78 is 39.5. The zero-order chi connectivity index (χ0) is 14.6. The molecule has 5 heteroatoms. The molecule has 2 rings (SSSR count). The molecule has 0 N–H and O–H groups in total. The molecule has 2 nitrogen and oxygen atoms in total. The van der Waals surface area contributed by atoms with Crippen LogP contribution in [0.4, 0.5) is 13.2 Å². The summed E-state index contributed by atoms with van der Waals surface area (Å²) in [6.07, 6.45) is -1.13. The van der Waals surface area contributed by atoms with E-state index in [-0.39, 0.29) is 0 Å². The predicted octanol–water partition coefficient (Wildman–Crippen LogP) is 4.53. The topological polar surface area (TPSA) is 17.8 Å². The number of rotatable bonds is 1. The first-order valence-electron chi connectivity index (χ1n) is 6.06. The summed E-state index contributed by atoms with van der Waals surface area (Å²) in [5.74, 6) is 0. The van der Waals surface area contributed by atoms with Crippen LogP contribution in [0.25, 0.3) is 5.69 Å². The third-order valence-electron chi connectivity index (χ3n) is 2.40. The van der Waals surface area contributed by atoms with Crippen molar-refractivity contribution in [1.29, 1.82) is 0 Å². The molecule has 1 aromatic carbocycles. The van der Waals surface area contributed by atoms with E-state index >= 15 is 0 Å². The molecule has 0 fully saturated rings. The Morgan fingerprint density at radius 1 is 1.05 bits per heavy atom. The van der Waals surface area contributed by atoms with E-state index in [1.165, 1.54) is 6.33 Å². The van der Waals surface area contributed by atoms with Crippen LogP contribution < -0.4 is 0 Å². The van der Waals surface area contributed by atoms with Crippen molar-refractivity contribution in [1.82, 2.24) is 9.55 Å². The largest absolute Gasteiger partial charge is 0.416 e. The van der Waals surface area contributed by atoms with Crippen LogP contribution in [0.1, 0.15) is 30.7 Å². The number of hydrogen-bond donors (Lipinski definition) is 0. The molecule has 1 heterocycles. The molecule has 0 saturated heterocycles. The third-order valence-corrected chi connectivity index (χ3v) is 2.40. The first-order chi connectivity index (χ1) is 8.86. The summed E-state index contributed by atoms with van der Waals surface area (Å²) in [6, 6.07) is 3.94. The first-order valence-corrected chi connectivity index (χ1v) is 6.06. The van der Waals surface area contributed by atoms with Gasteiger partial charge in [0.1, 0.15) is 0 Å². The maximum absolute atomic E-state index is 12.6. The highest BCUT2D eigenvalue weighted by atomic mass is 19.4. The van der Waals surface area contributed by atoms with Gasteiger partial charge >= 0.3 is 6.18 Å². The Labute approximate surface area is 110 Å². The first kappa shape index (κ1) is 15.3. The molecular weight excluding hydrogens is 253 g/mol. The van der Waals surface area contributed by atoms with Crippen molar-refractivity contribution in [2.45, 2.75) is 33.9 Å². The summed E-state index contributed by atoms with van der Waals surface area (Å²) in [4.78, 5) is 4.00. The summed E-state index contributed by atoms with van der Waals surface area (Å²) in [5.41, 5.74) is 1.16. The number of halogens is 3. The summed E-state index contributed by atoms with van der Waals surface area (Å²) in [5, 5.41) is 0. The number of aromatic nitrogens is 2. The van der Waals surface area contributed by atoms with E-state index in [2.05, 4.69) is 4.98 Å². The average Bonchev–Trinajstić information content (AvgIpc) is 2.77. The molecule has 0 bridgehead atoms. The molecule has 0 spiro atoms. The lowest BCUT2D eigenvalue weighted by atomic mass is 10.1. The molecule has 0 radical (unpaired) electrons. The van der Waals surface area contributed by atoms with E-state index in [0.29, 0.717) is 11.3 Å². The molecule has 0 saturated carbocycles. The van der Waals surface area contributed by atoms with Crippen LogP contribution in [-0.4, -0.2) is 9.55 Å². The van der Waals surface area contributed by atoms with Crippen LogP contribution in [0.3, 0.4) is 0 Å². The molecule has 0 aliphatic carbocycles. The van der Waals surface area contributed by atoms with E-state index in [9.17, 15) is 13.2 Å². The average molecular weight is 270 g/mol. The van der Waals surface area contributed by atoms with Gasteiger partial charge in [0.15, 0.2) is 0 Å². The van der Waals surface area contributed by atoms with Crippen molar-refractivity contribution in [2.24, 2.45) is 0 Å². The zero-order valence-electron chi connectivity index (χ0n) is 11.4. The second-order valence-corrected chi connectivity index (χ2v) is 3.98. The van der Waals surface area contributed by atoms with Crippen molar-refractivity contribution in [3.63, 3.8) is 0 Å². The molecule has 0 atom stereocenters. The standard InChI is InChI=1S/C12H11F3N2.C2H6/c1-8-3-10(12(13,14)15)5-11(4-8)17-6-9(2)16-7-17;1-2/h3-7H,1-2H3;1-2H3. The number of benzene rings is 1. The van der Waals surface area contributed by atoms with E-state index in [1.807, 2.05) is 13.8 Å². The van der Waals surface area contributed by atoms with Crippen molar-refractivity contribution in [2.75, 3.05) is 0 Å². The van der Waals surface area contributed by atoms with Gasteiger partial charge in [0.05, 0.1) is 17.6 Å². The summed E-state index contributed by atoms with van der Waals surface area (Å²) in [6.45, 7) is 7.43. The summed E-state index contributed by atoms with van der Waals surface area (Å²) in [7, 11) is 0. The van der Waals surface area contributed by atoms with Crippen LogP contribution in [0.5, 0.6) is 0 Å². The van der Waals surface area contributed by atoms with Crippen molar-refractivity contribution in [3.8, 4) is 5.69 Å². The molecule has 0 aliphatic heterocycles. The Bertz CT molecular complexity index is 542. The zero-order valence-corrected chi connectivity index (χ0v) is 11.4. The van der Waals surface area contributed by atoms with Crippen LogP contribution >= 0.6 is 0 Å². The fourth-order valence-corrected chi connectivity index (χ4v) is 1.64. The van der Waals surface area contributed by atoms with E-state index in [1.54, 1.807) is 30.7 Å². The Morgan fingerprint density at radius 2 is 1.68 bits per heavy atom. The molecule has 104 valence electrons. The molecule has 2 aromatic rings. The second kappa shape index (κ2) is 5.91. The molecular formula is C14H17F3N2. The monoisotopic (exact) mass is 270 g/mol. The maximum atomic E-state index is 12.6. The molecule has 19 heavy (non-hydrogen) atoms. The number of imidazole rings is 1. The van der Waals surface area contributed by atoms with Gasteiger partial charge in [-0.25, -0.2) is 4.98 Å². The Hall–Kier alpha value is -1.78. The fraction of sp³-hybridized carbons (Fsp3) is 0.357. The number of hydrogen-bond acceptors (Lipinski definition) is 1. The lowest BCUT2D eigenvalue weighted by Crippen LogP contribution is -2.06. The minimum absolute atomic E-state index is 0.470. The van der Waals surface area contributed by atoms with Gasteiger partial charge in [0.25, 0.3) is 0 Å². The summed E-state index contributed by atoms with van der Waals surface area (Å²) >= 11 is 0. The third kappa shape index (κ3) is 3.84. The van der Waals surface area contributed by atoms with Crippen molar-refractivity contribution < 1.29 is 13.2 Å². The molecule has 0 unspecified atom stereocenters. The van der Waals surface area contributed by atoms with Gasteiger partial charge in [-0.1, -0.05) is 13.8 Å². The number of nitrogens with zero attached hydrogens (tertiary/aromatic N) is 2. The maximum Gasteiger partial charge on any atom is 0.416 e. The van der Waals surface area contributed by atoms with Crippen LogP contribution in [0.15, 0.2) is 30.7 Å². The quantitative estimate of drug-likeness (QED) is 0.744. The Kier molecular flexibility index (Phi) is 4.75. The van der Waals surface area contributed by atoms with Gasteiger partial charge in [-0.15, -0.1) is 0 Å². The van der Waals surface area contributed by atoms with Crippen LogP contribution in [0.2, 0.25) is 0 Å². The second-order valence-electron chi connectivity index (χ2n) is 3.98. The van der Waals surface area contributed by atoms with E-state index in [0.717, 1.165) is 17.8 Å². The molecule has 0 amide bonds. The number of alkyl halides is 3. The van der Waals surface area contributed by atoms with Gasteiger partial charge in [-0.05, 0) is 37.6 Å². The van der Waals surface area contributed by atoms with Crippen LogP contribution in [-0.2, 0) is 6.18 Å². The van der Waals surface area contributed by atoms with Gasteiger partial charge in [-0.3, -0.25) is 0 Å². The van der Waals surface area contributed by atoms with E-state index < -0.39 is 11.7 Å². The normalized spacial score (nSPS) is 10.9. The number of aryl methyl sites for hydroxylation is 2. The minimum Gasteiger partial charge on any atom is -0.306 e. The van der Waals surface area contributed by atoms with Gasteiger partial charge in [0, 0.05) is 11.9 Å². The molecule has 1 aromatic heterocycles. The predicted molar refractivity (Wildman–Crippen MR) is 69.4 cm³/mol. The van der Waals surface area contributed by atoms with E-state index in [4.69, 9.17) is 0 Å². The smallest absolute Gasteiger partial charge is 0.306 e. The van der Waals surface area contributed by atoms with Crippen LogP contribution in [0, 0.1) is 13.8 Å². The van der Waals surface area contributed by atoms with Crippen molar-refractivity contribution in [3.05, 3.63) is 47.5 Å². The van der Waals surface area contributed by atoms with Crippen molar-refractivity contribution >= 4 is 0 Å². The Balaban J connectivity index is 0.000000861. The van der Waals surface area contributed by atoms with Gasteiger partial charge in [-0.2, -0.15) is 13.2 Å². The lowest BCUT2D eigenvalue weighted by Gasteiger charge is -2.10. The fourth-order valence-electron chi connectivity index (χ4n) is 1.64. The Morgan fingerprint density at radius 3 is 2.16 bits per heavy atom. The lowest BCUT2D eigenvalue weighted by molar-refractivity contribution is -0.137. The SMILES string of the molecule is CC.Cc1cc(-n2cnc(C)c2)cc(C(F)(F)F)c1. The highest BCUT2D eigenvalue weighted by molar-refractivity contribution is 5.41. The highest BCUT2D eigenvalue weighted by Crippen LogP contribution is 2.31. The van der Waals surface area contributed by atoms with Gasteiger partial charge in [0.2, 0.25) is 0 Å². The van der Waals surface area contributed by atoms with Gasteiger partial charge < -0.3 is 4.57 Å². The highest BCUT2D eigenvalue weighted by Gasteiger charge is 2.31.